The van der Waals surface area contributed by atoms with E-state index in [0.717, 1.165) is 11.5 Å². The molecule has 0 aromatic rings. The first kappa shape index (κ1) is 10.5. The van der Waals surface area contributed by atoms with E-state index in [1.807, 2.05) is 26.8 Å². The van der Waals surface area contributed by atoms with Crippen molar-refractivity contribution in [1.29, 1.82) is 0 Å². The van der Waals surface area contributed by atoms with E-state index < -0.39 is 0 Å². The molecule has 0 radical (unpaired) electrons. The minimum atomic E-state index is 0.821. The zero-order chi connectivity index (χ0) is 8.85. The van der Waals surface area contributed by atoms with E-state index in [1.165, 1.54) is 11.1 Å². The highest BCUT2D eigenvalue weighted by Gasteiger charge is 1.91. The van der Waals surface area contributed by atoms with Crippen LogP contribution in [0.15, 0.2) is 34.9 Å². The van der Waals surface area contributed by atoms with Gasteiger partial charge in [0.15, 0.2) is 0 Å². The molecule has 0 bridgehead atoms. The molecule has 0 nitrogen and oxygen atoms in total. The van der Waals surface area contributed by atoms with Gasteiger partial charge in [-0.1, -0.05) is 41.5 Å². The van der Waals surface area contributed by atoms with Crippen LogP contribution < -0.4 is 0 Å². The first-order chi connectivity index (χ1) is 5.07. The second-order valence-corrected chi connectivity index (χ2v) is 3.22. The van der Waals surface area contributed by atoms with Crippen molar-refractivity contribution < 1.29 is 0 Å². The van der Waals surface area contributed by atoms with Gasteiger partial charge in [0.2, 0.25) is 0 Å². The van der Waals surface area contributed by atoms with E-state index in [9.17, 15) is 0 Å². The lowest BCUT2D eigenvalue weighted by molar-refractivity contribution is 1.23. The summed E-state index contributed by atoms with van der Waals surface area (Å²) in [6, 6.07) is 0. The molecule has 0 spiro atoms. The van der Waals surface area contributed by atoms with Crippen LogP contribution in [0.25, 0.3) is 0 Å². The third-order valence-corrected chi connectivity index (χ3v) is 2.00. The molecule has 0 rings (SSSR count). The molecule has 0 aromatic heterocycles. The van der Waals surface area contributed by atoms with Crippen LogP contribution in [-0.4, -0.2) is 0 Å². The fourth-order valence-electron chi connectivity index (χ4n) is 0.538. The molecule has 0 saturated carbocycles. The monoisotopic (exact) mass is 170 g/mol. The maximum atomic E-state index is 5.92. The van der Waals surface area contributed by atoms with Crippen molar-refractivity contribution in [2.75, 3.05) is 0 Å². The van der Waals surface area contributed by atoms with Crippen LogP contribution in [0.2, 0.25) is 0 Å². The van der Waals surface area contributed by atoms with Crippen LogP contribution in [0.1, 0.15) is 27.2 Å². The molecule has 11 heavy (non-hydrogen) atoms. The van der Waals surface area contributed by atoms with Gasteiger partial charge < -0.3 is 0 Å². The van der Waals surface area contributed by atoms with Crippen molar-refractivity contribution >= 4 is 11.6 Å². The van der Waals surface area contributed by atoms with Crippen molar-refractivity contribution in [2.45, 2.75) is 27.2 Å². The molecule has 0 heterocycles. The summed E-state index contributed by atoms with van der Waals surface area (Å²) >= 11 is 5.92. The van der Waals surface area contributed by atoms with E-state index in [-0.39, 0.29) is 0 Å². The minimum Gasteiger partial charge on any atom is -0.0988 e. The number of hydrogen-bond donors (Lipinski definition) is 0. The summed E-state index contributed by atoms with van der Waals surface area (Å²) < 4.78 is 0. The van der Waals surface area contributed by atoms with Crippen molar-refractivity contribution in [1.82, 2.24) is 0 Å². The average Bonchev–Trinajstić information content (AvgIpc) is 1.99. The summed E-state index contributed by atoms with van der Waals surface area (Å²) in [5.74, 6) is 0. The minimum absolute atomic E-state index is 0.821. The fraction of sp³-hybridized carbons (Fsp3) is 0.400. The van der Waals surface area contributed by atoms with E-state index in [2.05, 4.69) is 12.7 Å². The van der Waals surface area contributed by atoms with Gasteiger partial charge in [0.1, 0.15) is 0 Å². The van der Waals surface area contributed by atoms with Crippen LogP contribution in [0, 0.1) is 0 Å². The van der Waals surface area contributed by atoms with Crippen LogP contribution in [0.5, 0.6) is 0 Å². The van der Waals surface area contributed by atoms with Gasteiger partial charge in [-0.05, 0) is 20.8 Å². The molecule has 0 unspecified atom stereocenters. The number of hydrogen-bond acceptors (Lipinski definition) is 0. The highest BCUT2D eigenvalue weighted by molar-refractivity contribution is 6.30. The van der Waals surface area contributed by atoms with E-state index in [0.29, 0.717) is 0 Å². The molecular weight excluding hydrogens is 156 g/mol. The highest BCUT2D eigenvalue weighted by atomic mass is 35.5. The second kappa shape index (κ2) is 5.20. The SMILES string of the molecule is C=CC(C)=CCC(Cl)=C(C)C. The number of rotatable bonds is 3. The maximum absolute atomic E-state index is 5.92. The molecule has 0 aliphatic heterocycles. The molecule has 0 atom stereocenters. The second-order valence-electron chi connectivity index (χ2n) is 2.76. The molecule has 0 aliphatic rings. The Hall–Kier alpha value is -0.490. The van der Waals surface area contributed by atoms with Gasteiger partial charge in [0.25, 0.3) is 0 Å². The predicted octanol–water partition coefficient (Wildman–Crippen LogP) is 4.04. The summed E-state index contributed by atoms with van der Waals surface area (Å²) in [6.45, 7) is 9.70. The summed E-state index contributed by atoms with van der Waals surface area (Å²) in [5.41, 5.74) is 2.35. The van der Waals surface area contributed by atoms with Gasteiger partial charge in [-0.2, -0.15) is 0 Å². The fourth-order valence-corrected chi connectivity index (χ4v) is 0.615. The molecule has 0 fully saturated rings. The lowest BCUT2D eigenvalue weighted by Crippen LogP contribution is -1.75. The maximum Gasteiger partial charge on any atom is 0.0205 e. The third kappa shape index (κ3) is 4.86. The first-order valence-corrected chi connectivity index (χ1v) is 4.06. The summed E-state index contributed by atoms with van der Waals surface area (Å²) in [4.78, 5) is 0. The number of halogens is 1. The predicted molar refractivity (Wildman–Crippen MR) is 52.8 cm³/mol. The molecule has 0 aliphatic carbocycles. The Bertz CT molecular complexity index is 193. The Kier molecular flexibility index (Phi) is 4.97. The van der Waals surface area contributed by atoms with Crippen LogP contribution in [-0.2, 0) is 0 Å². The highest BCUT2D eigenvalue weighted by Crippen LogP contribution is 2.14. The van der Waals surface area contributed by atoms with Crippen LogP contribution >= 0.6 is 11.6 Å². The largest absolute Gasteiger partial charge is 0.0988 e. The van der Waals surface area contributed by atoms with Crippen molar-refractivity contribution in [3.63, 3.8) is 0 Å². The van der Waals surface area contributed by atoms with Gasteiger partial charge in [-0.25, -0.2) is 0 Å². The lowest BCUT2D eigenvalue weighted by Gasteiger charge is -1.96. The Labute approximate surface area is 74.3 Å². The standard InChI is InChI=1S/C10H15Cl/c1-5-9(4)6-7-10(11)8(2)3/h5-6H,1,7H2,2-4H3. The molecular formula is C10H15Cl. The molecule has 0 N–H and O–H groups in total. The lowest BCUT2D eigenvalue weighted by atomic mass is 10.2. The van der Waals surface area contributed by atoms with Crippen LogP contribution in [0.4, 0.5) is 0 Å². The first-order valence-electron chi connectivity index (χ1n) is 3.69. The molecule has 0 amide bonds. The van der Waals surface area contributed by atoms with E-state index in [1.54, 1.807) is 0 Å². The summed E-state index contributed by atoms with van der Waals surface area (Å²) in [7, 11) is 0. The Morgan fingerprint density at radius 3 is 2.27 bits per heavy atom. The number of allylic oxidation sites excluding steroid dienone is 5. The molecule has 0 saturated heterocycles. The van der Waals surface area contributed by atoms with Gasteiger partial charge in [-0.15, -0.1) is 0 Å². The summed E-state index contributed by atoms with van der Waals surface area (Å²) in [6.07, 6.45) is 4.72. The van der Waals surface area contributed by atoms with Crippen molar-refractivity contribution in [3.8, 4) is 0 Å². The van der Waals surface area contributed by atoms with E-state index in [4.69, 9.17) is 11.6 Å². The topological polar surface area (TPSA) is 0 Å². The summed E-state index contributed by atoms with van der Waals surface area (Å²) in [5, 5.41) is 0.922. The third-order valence-electron chi connectivity index (χ3n) is 1.47. The van der Waals surface area contributed by atoms with Gasteiger partial charge in [0, 0.05) is 11.5 Å². The Morgan fingerprint density at radius 2 is 1.91 bits per heavy atom. The zero-order valence-corrected chi connectivity index (χ0v) is 8.20. The van der Waals surface area contributed by atoms with Gasteiger partial charge in [-0.3, -0.25) is 0 Å². The average molecular weight is 171 g/mol. The zero-order valence-electron chi connectivity index (χ0n) is 7.45. The normalized spacial score (nSPS) is 11.1. The quantitative estimate of drug-likeness (QED) is 0.561. The molecule has 62 valence electrons. The Morgan fingerprint density at radius 1 is 1.36 bits per heavy atom. The smallest absolute Gasteiger partial charge is 0.0205 e. The molecule has 0 aromatic carbocycles. The van der Waals surface area contributed by atoms with Gasteiger partial charge in [0.05, 0.1) is 0 Å². The molecule has 1 heteroatoms. The van der Waals surface area contributed by atoms with Crippen molar-refractivity contribution in [2.24, 2.45) is 0 Å². The van der Waals surface area contributed by atoms with Gasteiger partial charge >= 0.3 is 0 Å². The Balaban J connectivity index is 4.09. The van der Waals surface area contributed by atoms with Crippen LogP contribution in [0.3, 0.4) is 0 Å². The van der Waals surface area contributed by atoms with Crippen molar-refractivity contribution in [3.05, 3.63) is 34.9 Å². The van der Waals surface area contributed by atoms with E-state index >= 15 is 0 Å².